The molecule has 0 aromatic rings. The maximum absolute atomic E-state index is 12.1. The zero-order valence-corrected chi connectivity index (χ0v) is 8.80. The van der Waals surface area contributed by atoms with Crippen LogP contribution in [0.25, 0.3) is 0 Å². The van der Waals surface area contributed by atoms with E-state index in [9.17, 15) is 9.90 Å². The molecular formula is C12H20O2. The number of Topliss-reactive ketones (excluding diaryl/α,β-unsaturated/α-hetero) is 1. The molecule has 0 amide bonds. The van der Waals surface area contributed by atoms with Gasteiger partial charge in [0, 0.05) is 5.92 Å². The summed E-state index contributed by atoms with van der Waals surface area (Å²) in [4.78, 5) is 12.1. The van der Waals surface area contributed by atoms with Crippen molar-refractivity contribution in [1.29, 1.82) is 0 Å². The fourth-order valence-electron chi connectivity index (χ4n) is 2.95. The van der Waals surface area contributed by atoms with Gasteiger partial charge in [0.25, 0.3) is 0 Å². The number of hydrogen-bond donors (Lipinski definition) is 1. The van der Waals surface area contributed by atoms with Crippen molar-refractivity contribution in [2.24, 2.45) is 5.92 Å². The van der Waals surface area contributed by atoms with E-state index in [1.165, 1.54) is 19.3 Å². The van der Waals surface area contributed by atoms with Gasteiger partial charge in [-0.25, -0.2) is 0 Å². The zero-order chi connectivity index (χ0) is 10.0. The third-order valence-electron chi connectivity index (χ3n) is 3.87. The van der Waals surface area contributed by atoms with E-state index in [4.69, 9.17) is 0 Å². The summed E-state index contributed by atoms with van der Waals surface area (Å²) >= 11 is 0. The fraction of sp³-hybridized carbons (Fsp3) is 0.917. The van der Waals surface area contributed by atoms with Gasteiger partial charge in [-0.1, -0.05) is 32.1 Å². The van der Waals surface area contributed by atoms with Gasteiger partial charge >= 0.3 is 0 Å². The third-order valence-corrected chi connectivity index (χ3v) is 3.87. The summed E-state index contributed by atoms with van der Waals surface area (Å²) in [5, 5.41) is 10.3. The second-order valence-corrected chi connectivity index (χ2v) is 4.94. The number of carbonyl (C=O) groups excluding carboxylic acids is 1. The molecule has 2 saturated carbocycles. The predicted octanol–water partition coefficient (Wildman–Crippen LogP) is 2.44. The second kappa shape index (κ2) is 4.01. The van der Waals surface area contributed by atoms with Gasteiger partial charge in [-0.05, 0) is 25.7 Å². The van der Waals surface area contributed by atoms with Crippen LogP contribution in [0.1, 0.15) is 57.8 Å². The van der Waals surface area contributed by atoms with E-state index >= 15 is 0 Å². The van der Waals surface area contributed by atoms with Crippen LogP contribution in [0, 0.1) is 5.92 Å². The molecule has 1 N–H and O–H groups in total. The molecule has 0 unspecified atom stereocenters. The molecule has 0 bridgehead atoms. The molecule has 2 heteroatoms. The lowest BCUT2D eigenvalue weighted by Crippen LogP contribution is -2.43. The van der Waals surface area contributed by atoms with Crippen molar-refractivity contribution in [2.45, 2.75) is 63.4 Å². The Morgan fingerprint density at radius 2 is 1.57 bits per heavy atom. The molecule has 14 heavy (non-hydrogen) atoms. The van der Waals surface area contributed by atoms with Crippen LogP contribution >= 0.6 is 0 Å². The van der Waals surface area contributed by atoms with Gasteiger partial charge in [0.05, 0.1) is 0 Å². The van der Waals surface area contributed by atoms with Crippen LogP contribution in [-0.2, 0) is 4.79 Å². The largest absolute Gasteiger partial charge is 0.382 e. The summed E-state index contributed by atoms with van der Waals surface area (Å²) in [6.07, 6.45) is 9.02. The smallest absolute Gasteiger partial charge is 0.167 e. The van der Waals surface area contributed by atoms with E-state index in [1.807, 2.05) is 0 Å². The van der Waals surface area contributed by atoms with Crippen molar-refractivity contribution in [1.82, 2.24) is 0 Å². The fourth-order valence-corrected chi connectivity index (χ4v) is 2.95. The van der Waals surface area contributed by atoms with E-state index < -0.39 is 5.60 Å². The quantitative estimate of drug-likeness (QED) is 0.736. The molecule has 0 radical (unpaired) electrons. The van der Waals surface area contributed by atoms with Crippen molar-refractivity contribution in [2.75, 3.05) is 0 Å². The first-order valence-electron chi connectivity index (χ1n) is 5.99. The Morgan fingerprint density at radius 1 is 1.00 bits per heavy atom. The Balaban J connectivity index is 2.00. The van der Waals surface area contributed by atoms with Crippen LogP contribution in [-0.4, -0.2) is 16.5 Å². The van der Waals surface area contributed by atoms with Gasteiger partial charge in [0.2, 0.25) is 0 Å². The topological polar surface area (TPSA) is 37.3 Å². The molecule has 2 nitrogen and oxygen atoms in total. The molecule has 0 heterocycles. The minimum atomic E-state index is -0.937. The monoisotopic (exact) mass is 196 g/mol. The standard InChI is InChI=1S/C12H20O2/c13-11(10-6-2-3-7-10)12(14)8-4-1-5-9-12/h10,14H,1-9H2. The third kappa shape index (κ3) is 1.85. The van der Waals surface area contributed by atoms with Gasteiger partial charge in [-0.2, -0.15) is 0 Å². The molecule has 2 aliphatic carbocycles. The molecule has 2 aliphatic rings. The van der Waals surface area contributed by atoms with E-state index in [0.29, 0.717) is 12.8 Å². The van der Waals surface area contributed by atoms with Gasteiger partial charge in [-0.3, -0.25) is 4.79 Å². The van der Waals surface area contributed by atoms with Gasteiger partial charge in [-0.15, -0.1) is 0 Å². The summed E-state index contributed by atoms with van der Waals surface area (Å²) < 4.78 is 0. The lowest BCUT2D eigenvalue weighted by atomic mass is 9.77. The van der Waals surface area contributed by atoms with Crippen LogP contribution in [0.15, 0.2) is 0 Å². The molecule has 2 rings (SSSR count). The summed E-state index contributed by atoms with van der Waals surface area (Å²) in [5.41, 5.74) is -0.937. The lowest BCUT2D eigenvalue weighted by molar-refractivity contribution is -0.144. The maximum atomic E-state index is 12.1. The highest BCUT2D eigenvalue weighted by Crippen LogP contribution is 2.36. The number of rotatable bonds is 2. The first-order chi connectivity index (χ1) is 6.72. The zero-order valence-electron chi connectivity index (χ0n) is 8.80. The minimum absolute atomic E-state index is 0.162. The molecule has 0 aromatic heterocycles. The molecule has 0 saturated heterocycles. The van der Waals surface area contributed by atoms with E-state index in [1.54, 1.807) is 0 Å². The van der Waals surface area contributed by atoms with Gasteiger partial charge in [0.15, 0.2) is 5.78 Å². The van der Waals surface area contributed by atoms with Crippen molar-refractivity contribution < 1.29 is 9.90 Å². The Morgan fingerprint density at radius 3 is 2.14 bits per heavy atom. The summed E-state index contributed by atoms with van der Waals surface area (Å²) in [6.45, 7) is 0. The molecular weight excluding hydrogens is 176 g/mol. The highest BCUT2D eigenvalue weighted by Gasteiger charge is 2.41. The minimum Gasteiger partial charge on any atom is -0.382 e. The first kappa shape index (κ1) is 10.2. The van der Waals surface area contributed by atoms with Gasteiger partial charge < -0.3 is 5.11 Å². The second-order valence-electron chi connectivity index (χ2n) is 4.94. The van der Waals surface area contributed by atoms with Crippen molar-refractivity contribution in [3.8, 4) is 0 Å². The van der Waals surface area contributed by atoms with Crippen molar-refractivity contribution in [3.63, 3.8) is 0 Å². The maximum Gasteiger partial charge on any atom is 0.167 e. The molecule has 0 aromatic carbocycles. The predicted molar refractivity (Wildman–Crippen MR) is 55.0 cm³/mol. The highest BCUT2D eigenvalue weighted by molar-refractivity contribution is 5.89. The molecule has 2 fully saturated rings. The van der Waals surface area contributed by atoms with Gasteiger partial charge in [0.1, 0.15) is 5.60 Å². The van der Waals surface area contributed by atoms with Crippen LogP contribution < -0.4 is 0 Å². The number of carbonyl (C=O) groups is 1. The Hall–Kier alpha value is -0.370. The summed E-state index contributed by atoms with van der Waals surface area (Å²) in [7, 11) is 0. The van der Waals surface area contributed by atoms with Crippen LogP contribution in [0.5, 0.6) is 0 Å². The summed E-state index contributed by atoms with van der Waals surface area (Å²) in [6, 6.07) is 0. The molecule has 0 atom stereocenters. The van der Waals surface area contributed by atoms with Crippen LogP contribution in [0.3, 0.4) is 0 Å². The normalized spacial score (nSPS) is 27.8. The van der Waals surface area contributed by atoms with E-state index in [0.717, 1.165) is 25.7 Å². The molecule has 0 spiro atoms. The van der Waals surface area contributed by atoms with Crippen molar-refractivity contribution >= 4 is 5.78 Å². The summed E-state index contributed by atoms with van der Waals surface area (Å²) in [5.74, 6) is 0.341. The van der Waals surface area contributed by atoms with Crippen LogP contribution in [0.4, 0.5) is 0 Å². The Kier molecular flexibility index (Phi) is 2.91. The van der Waals surface area contributed by atoms with E-state index in [-0.39, 0.29) is 11.7 Å². The highest BCUT2D eigenvalue weighted by atomic mass is 16.3. The average molecular weight is 196 g/mol. The SMILES string of the molecule is O=C(C1CCCC1)C1(O)CCCCC1. The molecule has 0 aliphatic heterocycles. The Labute approximate surface area is 85.7 Å². The van der Waals surface area contributed by atoms with Crippen LogP contribution in [0.2, 0.25) is 0 Å². The number of hydrogen-bond acceptors (Lipinski definition) is 2. The number of ketones is 1. The first-order valence-corrected chi connectivity index (χ1v) is 5.99. The van der Waals surface area contributed by atoms with Crippen molar-refractivity contribution in [3.05, 3.63) is 0 Å². The number of aliphatic hydroxyl groups is 1. The molecule has 80 valence electrons. The lowest BCUT2D eigenvalue weighted by Gasteiger charge is -2.32. The Bertz CT molecular complexity index is 210. The van der Waals surface area contributed by atoms with E-state index in [2.05, 4.69) is 0 Å². The average Bonchev–Trinajstić information content (AvgIpc) is 2.70.